The van der Waals surface area contributed by atoms with Crippen LogP contribution in [0.1, 0.15) is 19.0 Å². The molecule has 0 saturated heterocycles. The highest BCUT2D eigenvalue weighted by Gasteiger charge is 2.19. The van der Waals surface area contributed by atoms with Crippen LogP contribution in [-0.2, 0) is 11.2 Å². The van der Waals surface area contributed by atoms with E-state index in [1.54, 1.807) is 11.0 Å². The highest BCUT2D eigenvalue weighted by Crippen LogP contribution is 2.28. The number of aromatic amines is 1. The molecule has 1 aromatic carbocycles. The zero-order chi connectivity index (χ0) is 20.6. The molecular formula is C21H22N4O2S2. The summed E-state index contributed by atoms with van der Waals surface area (Å²) in [5.41, 5.74) is 2.37. The summed E-state index contributed by atoms with van der Waals surface area (Å²) >= 11 is 2.64. The molecule has 0 bridgehead atoms. The Hall–Kier alpha value is -2.71. The molecule has 3 rings (SSSR count). The summed E-state index contributed by atoms with van der Waals surface area (Å²) in [6.45, 7) is 6.15. The lowest BCUT2D eigenvalue weighted by Crippen LogP contribution is -2.32. The van der Waals surface area contributed by atoms with Crippen LogP contribution in [0.4, 0.5) is 5.13 Å². The minimum absolute atomic E-state index is 0.118. The Morgan fingerprint density at radius 3 is 2.83 bits per heavy atom. The molecule has 150 valence electrons. The lowest BCUT2D eigenvalue weighted by atomic mass is 10.2. The fraction of sp³-hybridized carbons (Fsp3) is 0.238. The summed E-state index contributed by atoms with van der Waals surface area (Å²) in [7, 11) is 0. The molecule has 0 saturated carbocycles. The van der Waals surface area contributed by atoms with Gasteiger partial charge in [-0.1, -0.05) is 61.5 Å². The van der Waals surface area contributed by atoms with E-state index in [0.717, 1.165) is 29.8 Å². The van der Waals surface area contributed by atoms with E-state index >= 15 is 0 Å². The molecule has 0 unspecified atom stereocenters. The molecule has 0 spiro atoms. The largest absolute Gasteiger partial charge is 0.301 e. The Kier molecular flexibility index (Phi) is 7.37. The van der Waals surface area contributed by atoms with Crippen LogP contribution in [0.15, 0.2) is 64.4 Å². The van der Waals surface area contributed by atoms with E-state index in [4.69, 9.17) is 0 Å². The van der Waals surface area contributed by atoms with Gasteiger partial charge in [-0.3, -0.25) is 14.5 Å². The van der Waals surface area contributed by atoms with E-state index in [1.807, 2.05) is 42.6 Å². The van der Waals surface area contributed by atoms with Gasteiger partial charge in [0.25, 0.3) is 5.56 Å². The van der Waals surface area contributed by atoms with Gasteiger partial charge >= 0.3 is 0 Å². The van der Waals surface area contributed by atoms with Crippen molar-refractivity contribution in [3.05, 3.63) is 70.5 Å². The molecule has 0 aliphatic rings. The van der Waals surface area contributed by atoms with Gasteiger partial charge in [-0.25, -0.2) is 9.97 Å². The van der Waals surface area contributed by atoms with Crippen molar-refractivity contribution in [2.24, 2.45) is 0 Å². The zero-order valence-electron chi connectivity index (χ0n) is 16.1. The van der Waals surface area contributed by atoms with Crippen molar-refractivity contribution in [1.82, 2.24) is 15.0 Å². The lowest BCUT2D eigenvalue weighted by molar-refractivity contribution is -0.116. The maximum Gasteiger partial charge on any atom is 0.251 e. The summed E-state index contributed by atoms with van der Waals surface area (Å²) < 4.78 is 0. The first kappa shape index (κ1) is 21.0. The fourth-order valence-electron chi connectivity index (χ4n) is 2.69. The highest BCUT2D eigenvalue weighted by atomic mass is 32.2. The topological polar surface area (TPSA) is 79.0 Å². The Labute approximate surface area is 177 Å². The first-order valence-corrected chi connectivity index (χ1v) is 11.1. The van der Waals surface area contributed by atoms with E-state index in [9.17, 15) is 9.59 Å². The number of carbonyl (C=O) groups is 1. The third-order valence-electron chi connectivity index (χ3n) is 4.02. The smallest absolute Gasteiger partial charge is 0.251 e. The van der Waals surface area contributed by atoms with E-state index < -0.39 is 0 Å². The second kappa shape index (κ2) is 10.2. The van der Waals surface area contributed by atoms with Crippen LogP contribution in [0, 0.1) is 0 Å². The van der Waals surface area contributed by atoms with Crippen LogP contribution >= 0.6 is 23.1 Å². The van der Waals surface area contributed by atoms with Gasteiger partial charge < -0.3 is 4.98 Å². The standard InChI is InChI=1S/C21H22N4O2S2/c1-3-8-16-12-18(26)24-20(22-16)28-14-19(27)25(11-4-2)21-23-17(13-29-21)15-9-6-5-7-10-15/h4-7,9-10,12-13H,2-3,8,11,14H2,1H3,(H,22,24,26). The maximum atomic E-state index is 12.9. The number of anilines is 1. The molecule has 2 aromatic heterocycles. The SMILES string of the molecule is C=CCN(C(=O)CSc1nc(CCC)cc(=O)[nH]1)c1nc(-c2ccccc2)cs1. The van der Waals surface area contributed by atoms with Gasteiger partial charge in [0.2, 0.25) is 5.91 Å². The Bertz CT molecular complexity index is 1030. The minimum Gasteiger partial charge on any atom is -0.301 e. The number of H-pyrrole nitrogens is 1. The first-order chi connectivity index (χ1) is 14.1. The molecule has 29 heavy (non-hydrogen) atoms. The van der Waals surface area contributed by atoms with E-state index in [-0.39, 0.29) is 17.2 Å². The number of aromatic nitrogens is 3. The first-order valence-electron chi connectivity index (χ1n) is 9.26. The summed E-state index contributed by atoms with van der Waals surface area (Å²) in [6.07, 6.45) is 3.31. The summed E-state index contributed by atoms with van der Waals surface area (Å²) in [5.74, 6) is 0.0273. The monoisotopic (exact) mass is 426 g/mol. The second-order valence-corrected chi connectivity index (χ2v) is 8.06. The third-order valence-corrected chi connectivity index (χ3v) is 5.74. The van der Waals surface area contributed by atoms with Crippen molar-refractivity contribution in [2.45, 2.75) is 24.9 Å². The molecular weight excluding hydrogens is 404 g/mol. The molecule has 2 heterocycles. The van der Waals surface area contributed by atoms with Crippen LogP contribution in [0.25, 0.3) is 11.3 Å². The molecule has 6 nitrogen and oxygen atoms in total. The van der Waals surface area contributed by atoms with Gasteiger partial charge in [0.1, 0.15) is 0 Å². The average molecular weight is 427 g/mol. The van der Waals surface area contributed by atoms with Crippen molar-refractivity contribution < 1.29 is 4.79 Å². The molecule has 0 aliphatic heterocycles. The number of carbonyl (C=O) groups excluding carboxylic acids is 1. The minimum atomic E-state index is -0.200. The highest BCUT2D eigenvalue weighted by molar-refractivity contribution is 7.99. The van der Waals surface area contributed by atoms with E-state index in [2.05, 4.69) is 21.5 Å². The fourth-order valence-corrected chi connectivity index (χ4v) is 4.32. The Morgan fingerprint density at radius 1 is 1.31 bits per heavy atom. The van der Waals surface area contributed by atoms with Crippen LogP contribution in [-0.4, -0.2) is 33.2 Å². The molecule has 0 atom stereocenters. The molecule has 3 aromatic rings. The number of rotatable bonds is 9. The van der Waals surface area contributed by atoms with E-state index in [1.165, 1.54) is 29.2 Å². The normalized spacial score (nSPS) is 10.7. The Morgan fingerprint density at radius 2 is 2.10 bits per heavy atom. The number of hydrogen-bond donors (Lipinski definition) is 1. The van der Waals surface area contributed by atoms with Crippen molar-refractivity contribution >= 4 is 34.1 Å². The number of nitrogens with zero attached hydrogens (tertiary/aromatic N) is 3. The Balaban J connectivity index is 1.73. The quantitative estimate of drug-likeness (QED) is 0.316. The summed E-state index contributed by atoms with van der Waals surface area (Å²) in [4.78, 5) is 38.0. The lowest BCUT2D eigenvalue weighted by Gasteiger charge is -2.17. The van der Waals surface area contributed by atoms with Crippen LogP contribution in [0.3, 0.4) is 0 Å². The number of thioether (sulfide) groups is 1. The third kappa shape index (κ3) is 5.65. The van der Waals surface area contributed by atoms with Gasteiger partial charge in [0.05, 0.1) is 11.4 Å². The number of thiazole rings is 1. The molecule has 1 N–H and O–H groups in total. The van der Waals surface area contributed by atoms with Crippen molar-refractivity contribution in [3.63, 3.8) is 0 Å². The number of nitrogens with one attached hydrogen (secondary N) is 1. The molecule has 0 fully saturated rings. The van der Waals surface area contributed by atoms with Crippen molar-refractivity contribution in [1.29, 1.82) is 0 Å². The zero-order valence-corrected chi connectivity index (χ0v) is 17.8. The molecule has 1 amide bonds. The number of amides is 1. The van der Waals surface area contributed by atoms with Gasteiger partial charge in [-0.05, 0) is 6.42 Å². The maximum absolute atomic E-state index is 12.9. The van der Waals surface area contributed by atoms with Crippen LogP contribution in [0.5, 0.6) is 0 Å². The molecule has 0 radical (unpaired) electrons. The van der Waals surface area contributed by atoms with Gasteiger partial charge in [0.15, 0.2) is 10.3 Å². The van der Waals surface area contributed by atoms with Gasteiger partial charge in [-0.2, -0.15) is 0 Å². The molecule has 0 aliphatic carbocycles. The summed E-state index contributed by atoms with van der Waals surface area (Å²) in [6, 6.07) is 11.3. The van der Waals surface area contributed by atoms with Crippen LogP contribution < -0.4 is 10.5 Å². The van der Waals surface area contributed by atoms with Crippen LogP contribution in [0.2, 0.25) is 0 Å². The number of aryl methyl sites for hydroxylation is 1. The van der Waals surface area contributed by atoms with Crippen molar-refractivity contribution in [2.75, 3.05) is 17.2 Å². The second-order valence-electron chi connectivity index (χ2n) is 6.25. The predicted octanol–water partition coefficient (Wildman–Crippen LogP) is 4.16. The predicted molar refractivity (Wildman–Crippen MR) is 120 cm³/mol. The van der Waals surface area contributed by atoms with Gasteiger partial charge in [-0.15, -0.1) is 17.9 Å². The van der Waals surface area contributed by atoms with E-state index in [0.29, 0.717) is 16.8 Å². The average Bonchev–Trinajstić information content (AvgIpc) is 3.20. The van der Waals surface area contributed by atoms with Gasteiger partial charge in [0, 0.05) is 29.2 Å². The number of benzene rings is 1. The molecule has 8 heteroatoms. The van der Waals surface area contributed by atoms with Crippen molar-refractivity contribution in [3.8, 4) is 11.3 Å². The summed E-state index contributed by atoms with van der Waals surface area (Å²) in [5, 5.41) is 3.02. The number of hydrogen-bond acceptors (Lipinski definition) is 6.